The van der Waals surface area contributed by atoms with Gasteiger partial charge in [-0.15, -0.1) is 16.4 Å². The number of rotatable bonds is 2. The van der Waals surface area contributed by atoms with E-state index in [9.17, 15) is 4.79 Å². The van der Waals surface area contributed by atoms with Crippen molar-refractivity contribution in [1.82, 2.24) is 20.0 Å². The number of pyridine rings is 1. The highest BCUT2D eigenvalue weighted by Crippen LogP contribution is 2.28. The van der Waals surface area contributed by atoms with E-state index >= 15 is 0 Å². The molecule has 0 fully saturated rings. The maximum absolute atomic E-state index is 12.8. The summed E-state index contributed by atoms with van der Waals surface area (Å²) in [4.78, 5) is 18.1. The Morgan fingerprint density at radius 1 is 1.13 bits per heavy atom. The highest BCUT2D eigenvalue weighted by molar-refractivity contribution is 7.25. The van der Waals surface area contributed by atoms with Gasteiger partial charge in [-0.3, -0.25) is 4.79 Å². The van der Waals surface area contributed by atoms with Crippen LogP contribution in [0.3, 0.4) is 0 Å². The summed E-state index contributed by atoms with van der Waals surface area (Å²) in [5.74, 6) is 0. The minimum absolute atomic E-state index is 0.153. The molecule has 0 saturated heterocycles. The number of hydrogen-bond acceptors (Lipinski definition) is 5. The predicted molar refractivity (Wildman–Crippen MR) is 92.4 cm³/mol. The van der Waals surface area contributed by atoms with Gasteiger partial charge in [0.25, 0.3) is 5.56 Å². The summed E-state index contributed by atoms with van der Waals surface area (Å²) in [7, 11) is 0. The molecule has 6 heteroatoms. The van der Waals surface area contributed by atoms with Gasteiger partial charge in [-0.25, -0.2) is 4.98 Å². The summed E-state index contributed by atoms with van der Waals surface area (Å²) in [6.07, 6.45) is 0.960. The van der Waals surface area contributed by atoms with Crippen LogP contribution in [0, 0.1) is 6.92 Å². The van der Waals surface area contributed by atoms with Gasteiger partial charge in [-0.05, 0) is 43.2 Å². The summed E-state index contributed by atoms with van der Waals surface area (Å²) in [6, 6.07) is 11.7. The van der Waals surface area contributed by atoms with Crippen LogP contribution in [0.15, 0.2) is 41.2 Å². The molecule has 4 aromatic rings. The second-order valence-electron chi connectivity index (χ2n) is 5.41. The van der Waals surface area contributed by atoms with Crippen molar-refractivity contribution in [1.29, 1.82) is 0 Å². The number of aryl methyl sites for hydroxylation is 2. The molecule has 5 nitrogen and oxygen atoms in total. The fraction of sp³-hybridized carbons (Fsp3) is 0.176. The van der Waals surface area contributed by atoms with Crippen LogP contribution < -0.4 is 5.56 Å². The van der Waals surface area contributed by atoms with E-state index in [0.29, 0.717) is 10.2 Å². The number of hydrogen-bond donors (Lipinski definition) is 0. The first kappa shape index (κ1) is 14.0. The first-order chi connectivity index (χ1) is 11.2. The van der Waals surface area contributed by atoms with Crippen LogP contribution in [0.1, 0.15) is 18.2 Å². The van der Waals surface area contributed by atoms with Crippen molar-refractivity contribution in [3.8, 4) is 5.69 Å². The van der Waals surface area contributed by atoms with E-state index in [4.69, 9.17) is 0 Å². The first-order valence-electron chi connectivity index (χ1n) is 7.42. The number of benzene rings is 1. The Balaban J connectivity index is 1.96. The first-order valence-corrected chi connectivity index (χ1v) is 8.24. The molecule has 23 heavy (non-hydrogen) atoms. The number of thiophene rings is 1. The molecular weight excluding hydrogens is 308 g/mol. The zero-order valence-electron chi connectivity index (χ0n) is 12.8. The van der Waals surface area contributed by atoms with E-state index in [0.717, 1.165) is 28.0 Å². The zero-order chi connectivity index (χ0) is 16.0. The lowest BCUT2D eigenvalue weighted by atomic mass is 10.1. The summed E-state index contributed by atoms with van der Waals surface area (Å²) in [5.41, 5.74) is 3.34. The molecule has 0 N–H and O–H groups in total. The van der Waals surface area contributed by atoms with Gasteiger partial charge in [0, 0.05) is 11.1 Å². The van der Waals surface area contributed by atoms with Gasteiger partial charge in [-0.1, -0.05) is 24.3 Å². The zero-order valence-corrected chi connectivity index (χ0v) is 13.6. The second-order valence-corrected chi connectivity index (χ2v) is 6.41. The molecule has 0 atom stereocenters. The quantitative estimate of drug-likeness (QED) is 0.568. The second kappa shape index (κ2) is 5.24. The van der Waals surface area contributed by atoms with Crippen molar-refractivity contribution in [2.24, 2.45) is 0 Å². The lowest BCUT2D eigenvalue weighted by molar-refractivity contribution is 0.740. The molecular formula is C17H14N4OS. The monoisotopic (exact) mass is 322 g/mol. The van der Waals surface area contributed by atoms with Crippen LogP contribution in [-0.2, 0) is 6.42 Å². The fourth-order valence-corrected chi connectivity index (χ4v) is 3.65. The van der Waals surface area contributed by atoms with Gasteiger partial charge in [-0.2, -0.15) is 4.68 Å². The van der Waals surface area contributed by atoms with Gasteiger partial charge in [0.15, 0.2) is 0 Å². The standard InChI is InChI=1S/C17H14N4OS/c1-3-11-5-7-12(8-6-11)21-17(22)15-14(19-20-21)13-9-4-10(2)18-16(13)23-15/h4-9H,3H2,1-2H3. The van der Waals surface area contributed by atoms with E-state index in [2.05, 4.69) is 22.2 Å². The molecule has 1 aromatic carbocycles. The Kier molecular flexibility index (Phi) is 3.20. The largest absolute Gasteiger partial charge is 0.292 e. The molecule has 0 spiro atoms. The smallest absolute Gasteiger partial charge is 0.266 e. The third-order valence-electron chi connectivity index (χ3n) is 3.88. The average Bonchev–Trinajstić information content (AvgIpc) is 2.94. The SMILES string of the molecule is CCc1ccc(-n2nnc3c(sc4nc(C)ccc43)c2=O)cc1. The number of aromatic nitrogens is 4. The van der Waals surface area contributed by atoms with E-state index in [1.165, 1.54) is 21.6 Å². The third kappa shape index (κ3) is 2.22. The highest BCUT2D eigenvalue weighted by Gasteiger charge is 2.14. The predicted octanol–water partition coefficient (Wildman–Crippen LogP) is 3.26. The minimum Gasteiger partial charge on any atom is -0.266 e. The topological polar surface area (TPSA) is 60.7 Å². The molecule has 4 rings (SSSR count). The lowest BCUT2D eigenvalue weighted by Gasteiger charge is -2.04. The van der Waals surface area contributed by atoms with E-state index in [1.807, 2.05) is 43.3 Å². The molecule has 0 amide bonds. The van der Waals surface area contributed by atoms with Crippen molar-refractivity contribution in [3.63, 3.8) is 0 Å². The average molecular weight is 322 g/mol. The van der Waals surface area contributed by atoms with Gasteiger partial charge in [0.1, 0.15) is 15.0 Å². The Morgan fingerprint density at radius 2 is 1.91 bits per heavy atom. The summed E-state index contributed by atoms with van der Waals surface area (Å²) >= 11 is 1.37. The molecule has 0 aliphatic carbocycles. The molecule has 0 aliphatic heterocycles. The maximum Gasteiger partial charge on any atom is 0.292 e. The Hall–Kier alpha value is -2.60. The van der Waals surface area contributed by atoms with Crippen molar-refractivity contribution >= 4 is 31.8 Å². The van der Waals surface area contributed by atoms with Crippen LogP contribution >= 0.6 is 11.3 Å². The number of fused-ring (bicyclic) bond motifs is 3. The van der Waals surface area contributed by atoms with E-state index in [1.54, 1.807) is 0 Å². The fourth-order valence-electron chi connectivity index (χ4n) is 2.57. The summed E-state index contributed by atoms with van der Waals surface area (Å²) in [6.45, 7) is 4.03. The van der Waals surface area contributed by atoms with Crippen LogP contribution in [0.5, 0.6) is 0 Å². The lowest BCUT2D eigenvalue weighted by Crippen LogP contribution is -2.21. The molecule has 0 unspecified atom stereocenters. The molecule has 114 valence electrons. The van der Waals surface area contributed by atoms with Gasteiger partial charge < -0.3 is 0 Å². The molecule has 3 heterocycles. The molecule has 0 radical (unpaired) electrons. The van der Waals surface area contributed by atoms with Crippen LogP contribution in [-0.4, -0.2) is 20.0 Å². The van der Waals surface area contributed by atoms with Crippen LogP contribution in [0.4, 0.5) is 0 Å². The summed E-state index contributed by atoms with van der Waals surface area (Å²) < 4.78 is 1.94. The van der Waals surface area contributed by atoms with Crippen molar-refractivity contribution in [3.05, 3.63) is 58.0 Å². The minimum atomic E-state index is -0.153. The van der Waals surface area contributed by atoms with Crippen molar-refractivity contribution < 1.29 is 0 Å². The van der Waals surface area contributed by atoms with Gasteiger partial charge in [0.2, 0.25) is 0 Å². The highest BCUT2D eigenvalue weighted by atomic mass is 32.1. The Bertz CT molecular complexity index is 1080. The molecule has 3 aromatic heterocycles. The summed E-state index contributed by atoms with van der Waals surface area (Å²) in [5, 5.41) is 9.26. The van der Waals surface area contributed by atoms with Crippen molar-refractivity contribution in [2.75, 3.05) is 0 Å². The van der Waals surface area contributed by atoms with Gasteiger partial charge >= 0.3 is 0 Å². The Labute approximate surface area is 136 Å². The van der Waals surface area contributed by atoms with Crippen LogP contribution in [0.25, 0.3) is 26.1 Å². The number of nitrogens with zero attached hydrogens (tertiary/aromatic N) is 4. The normalized spacial score (nSPS) is 11.4. The maximum atomic E-state index is 12.8. The molecule has 0 bridgehead atoms. The van der Waals surface area contributed by atoms with E-state index < -0.39 is 0 Å². The van der Waals surface area contributed by atoms with E-state index in [-0.39, 0.29) is 5.56 Å². The third-order valence-corrected chi connectivity index (χ3v) is 4.96. The van der Waals surface area contributed by atoms with Gasteiger partial charge in [0.05, 0.1) is 5.69 Å². The molecule has 0 saturated carbocycles. The molecule has 0 aliphatic rings. The van der Waals surface area contributed by atoms with Crippen LogP contribution in [0.2, 0.25) is 0 Å². The van der Waals surface area contributed by atoms with Crippen molar-refractivity contribution in [2.45, 2.75) is 20.3 Å². The Morgan fingerprint density at radius 3 is 2.65 bits per heavy atom.